The van der Waals surface area contributed by atoms with Crippen molar-refractivity contribution in [2.24, 2.45) is 5.73 Å². The lowest BCUT2D eigenvalue weighted by Gasteiger charge is -2.22. The highest BCUT2D eigenvalue weighted by molar-refractivity contribution is 5.56. The summed E-state index contributed by atoms with van der Waals surface area (Å²) in [6, 6.07) is 3.66. The fourth-order valence-corrected chi connectivity index (χ4v) is 2.63. The summed E-state index contributed by atoms with van der Waals surface area (Å²) in [4.78, 5) is 1.95. The number of ether oxygens (including phenoxy) is 2. The third-order valence-electron chi connectivity index (χ3n) is 3.79. The van der Waals surface area contributed by atoms with Gasteiger partial charge >= 0.3 is 6.18 Å². The third-order valence-corrected chi connectivity index (χ3v) is 3.79. The Kier molecular flexibility index (Phi) is 4.75. The van der Waals surface area contributed by atoms with E-state index in [9.17, 15) is 13.2 Å². The van der Waals surface area contributed by atoms with E-state index in [2.05, 4.69) is 0 Å². The predicted octanol–water partition coefficient (Wildman–Crippen LogP) is 2.01. The Morgan fingerprint density at radius 3 is 2.19 bits per heavy atom. The average Bonchev–Trinajstić information content (AvgIpc) is 2.88. The smallest absolute Gasteiger partial charge is 0.377 e. The first-order chi connectivity index (χ1) is 9.90. The van der Waals surface area contributed by atoms with Crippen LogP contribution < -0.4 is 10.6 Å². The Morgan fingerprint density at radius 2 is 1.76 bits per heavy atom. The van der Waals surface area contributed by atoms with Crippen LogP contribution in [0.25, 0.3) is 0 Å². The molecule has 1 aliphatic heterocycles. The molecule has 0 spiro atoms. The second-order valence-corrected chi connectivity index (χ2v) is 5.00. The van der Waals surface area contributed by atoms with E-state index in [1.165, 1.54) is 6.07 Å². The van der Waals surface area contributed by atoms with Crippen LogP contribution in [-0.2, 0) is 22.2 Å². The molecule has 7 heteroatoms. The summed E-state index contributed by atoms with van der Waals surface area (Å²) in [5.41, 5.74) is 6.10. The highest BCUT2D eigenvalue weighted by Crippen LogP contribution is 2.34. The van der Waals surface area contributed by atoms with Crippen LogP contribution in [0.15, 0.2) is 18.2 Å². The van der Waals surface area contributed by atoms with Crippen molar-refractivity contribution in [3.8, 4) is 0 Å². The van der Waals surface area contributed by atoms with Crippen molar-refractivity contribution >= 4 is 5.69 Å². The Balaban J connectivity index is 2.28. The molecule has 0 saturated carbocycles. The van der Waals surface area contributed by atoms with Gasteiger partial charge in [0.1, 0.15) is 12.2 Å². The standard InChI is InChI=1S/C14H19F3N2O2/c1-20-12-7-19(8-13(12)21-2)11-4-3-10(14(15,16)17)5-9(11)6-18/h3-5,12-13H,6-8,18H2,1-2H3. The van der Waals surface area contributed by atoms with Crippen molar-refractivity contribution in [3.63, 3.8) is 0 Å². The van der Waals surface area contributed by atoms with Crippen LogP contribution in [-0.4, -0.2) is 39.5 Å². The molecule has 0 aliphatic carbocycles. The summed E-state index contributed by atoms with van der Waals surface area (Å²) >= 11 is 0. The minimum absolute atomic E-state index is 0.0467. The molecule has 0 amide bonds. The van der Waals surface area contributed by atoms with E-state index in [0.717, 1.165) is 12.1 Å². The normalized spacial score (nSPS) is 22.9. The fraction of sp³-hybridized carbons (Fsp3) is 0.571. The second-order valence-electron chi connectivity index (χ2n) is 5.00. The lowest BCUT2D eigenvalue weighted by atomic mass is 10.1. The minimum atomic E-state index is -4.36. The highest BCUT2D eigenvalue weighted by Gasteiger charge is 2.35. The molecule has 1 aromatic rings. The Labute approximate surface area is 121 Å². The van der Waals surface area contributed by atoms with Gasteiger partial charge in [-0.1, -0.05) is 0 Å². The van der Waals surface area contributed by atoms with Gasteiger partial charge in [-0.2, -0.15) is 13.2 Å². The van der Waals surface area contributed by atoms with Gasteiger partial charge in [-0.3, -0.25) is 0 Å². The first-order valence-electron chi connectivity index (χ1n) is 6.61. The van der Waals surface area contributed by atoms with E-state index in [1.807, 2.05) is 4.90 Å². The number of anilines is 1. The van der Waals surface area contributed by atoms with Crippen LogP contribution in [0.3, 0.4) is 0 Å². The maximum atomic E-state index is 12.8. The van der Waals surface area contributed by atoms with E-state index in [-0.39, 0.29) is 18.8 Å². The number of nitrogens with zero attached hydrogens (tertiary/aromatic N) is 1. The van der Waals surface area contributed by atoms with Crippen molar-refractivity contribution in [3.05, 3.63) is 29.3 Å². The molecule has 0 bridgehead atoms. The maximum absolute atomic E-state index is 12.8. The average molecular weight is 304 g/mol. The molecule has 1 fully saturated rings. The van der Waals surface area contributed by atoms with Crippen LogP contribution >= 0.6 is 0 Å². The fourth-order valence-electron chi connectivity index (χ4n) is 2.63. The number of alkyl halides is 3. The lowest BCUT2D eigenvalue weighted by Crippen LogP contribution is -2.27. The van der Waals surface area contributed by atoms with Gasteiger partial charge < -0.3 is 20.1 Å². The molecule has 2 atom stereocenters. The molecule has 1 saturated heterocycles. The van der Waals surface area contributed by atoms with Crippen molar-refractivity contribution in [1.82, 2.24) is 0 Å². The number of methoxy groups -OCH3 is 2. The molecule has 2 N–H and O–H groups in total. The van der Waals surface area contributed by atoms with Gasteiger partial charge in [-0.15, -0.1) is 0 Å². The number of hydrogen-bond donors (Lipinski definition) is 1. The van der Waals surface area contributed by atoms with E-state index in [0.29, 0.717) is 24.3 Å². The monoisotopic (exact) mass is 304 g/mol. The molecular weight excluding hydrogens is 285 g/mol. The number of nitrogens with two attached hydrogens (primary N) is 1. The minimum Gasteiger partial charge on any atom is -0.377 e. The van der Waals surface area contributed by atoms with E-state index < -0.39 is 11.7 Å². The zero-order valence-electron chi connectivity index (χ0n) is 12.0. The van der Waals surface area contributed by atoms with Gasteiger partial charge in [-0.05, 0) is 23.8 Å². The number of hydrogen-bond acceptors (Lipinski definition) is 4. The van der Waals surface area contributed by atoms with Crippen LogP contribution in [0.1, 0.15) is 11.1 Å². The second kappa shape index (κ2) is 6.21. The van der Waals surface area contributed by atoms with Crippen molar-refractivity contribution < 1.29 is 22.6 Å². The van der Waals surface area contributed by atoms with E-state index >= 15 is 0 Å². The maximum Gasteiger partial charge on any atom is 0.416 e. The van der Waals surface area contributed by atoms with Crippen LogP contribution in [0, 0.1) is 0 Å². The summed E-state index contributed by atoms with van der Waals surface area (Å²) in [6.07, 6.45) is -4.58. The summed E-state index contributed by atoms with van der Waals surface area (Å²) in [5, 5.41) is 0. The van der Waals surface area contributed by atoms with Crippen molar-refractivity contribution in [2.75, 3.05) is 32.2 Å². The SMILES string of the molecule is COC1CN(c2ccc(C(F)(F)F)cc2CN)CC1OC. The van der Waals surface area contributed by atoms with Gasteiger partial charge in [0.15, 0.2) is 0 Å². The molecular formula is C14H19F3N2O2. The molecule has 2 unspecified atom stereocenters. The van der Waals surface area contributed by atoms with Crippen LogP contribution in [0.5, 0.6) is 0 Å². The van der Waals surface area contributed by atoms with E-state index in [1.54, 1.807) is 14.2 Å². The van der Waals surface area contributed by atoms with Gasteiger partial charge in [0.2, 0.25) is 0 Å². The number of halogens is 3. The van der Waals surface area contributed by atoms with Gasteiger partial charge in [0, 0.05) is 39.5 Å². The van der Waals surface area contributed by atoms with Crippen molar-refractivity contribution in [1.29, 1.82) is 0 Å². The molecule has 118 valence electrons. The molecule has 1 aliphatic rings. The Hall–Kier alpha value is -1.31. The first kappa shape index (κ1) is 16.1. The quantitative estimate of drug-likeness (QED) is 0.924. The molecule has 0 radical (unpaired) electrons. The highest BCUT2D eigenvalue weighted by atomic mass is 19.4. The van der Waals surface area contributed by atoms with E-state index in [4.69, 9.17) is 15.2 Å². The molecule has 2 rings (SSSR count). The van der Waals surface area contributed by atoms with Crippen LogP contribution in [0.4, 0.5) is 18.9 Å². The first-order valence-corrected chi connectivity index (χ1v) is 6.61. The summed E-state index contributed by atoms with van der Waals surface area (Å²) < 4.78 is 48.9. The molecule has 4 nitrogen and oxygen atoms in total. The lowest BCUT2D eigenvalue weighted by molar-refractivity contribution is -0.137. The molecule has 1 heterocycles. The molecule has 1 aromatic carbocycles. The predicted molar refractivity (Wildman–Crippen MR) is 73.1 cm³/mol. The van der Waals surface area contributed by atoms with Crippen molar-refractivity contribution in [2.45, 2.75) is 24.9 Å². The number of rotatable bonds is 4. The number of benzene rings is 1. The zero-order chi connectivity index (χ0) is 15.6. The van der Waals surface area contributed by atoms with Crippen LogP contribution in [0.2, 0.25) is 0 Å². The molecule has 21 heavy (non-hydrogen) atoms. The molecule has 0 aromatic heterocycles. The zero-order valence-corrected chi connectivity index (χ0v) is 12.0. The summed E-state index contributed by atoms with van der Waals surface area (Å²) in [5.74, 6) is 0. The van der Waals surface area contributed by atoms with Gasteiger partial charge in [0.05, 0.1) is 5.56 Å². The summed E-state index contributed by atoms with van der Waals surface area (Å²) in [7, 11) is 3.19. The third kappa shape index (κ3) is 3.30. The largest absolute Gasteiger partial charge is 0.416 e. The Bertz CT molecular complexity index is 482. The topological polar surface area (TPSA) is 47.7 Å². The van der Waals surface area contributed by atoms with Gasteiger partial charge in [-0.25, -0.2) is 0 Å². The summed E-state index contributed by atoms with van der Waals surface area (Å²) in [6.45, 7) is 1.17. The van der Waals surface area contributed by atoms with Gasteiger partial charge in [0.25, 0.3) is 0 Å². The Morgan fingerprint density at radius 1 is 1.19 bits per heavy atom.